The van der Waals surface area contributed by atoms with Gasteiger partial charge in [0, 0.05) is 10.8 Å². The van der Waals surface area contributed by atoms with Crippen LogP contribution in [0.2, 0.25) is 0 Å². The second-order valence-corrected chi connectivity index (χ2v) is 17.2. The molecule has 0 aliphatic heterocycles. The van der Waals surface area contributed by atoms with Crippen molar-refractivity contribution >= 4 is 54.1 Å². The number of carboxylic acid groups (broad SMARTS) is 2. The fourth-order valence-corrected chi connectivity index (χ4v) is 10.1. The van der Waals surface area contributed by atoms with Gasteiger partial charge in [-0.1, -0.05) is 49.9 Å². The van der Waals surface area contributed by atoms with Crippen LogP contribution in [0.1, 0.15) is 44.9 Å². The maximum atomic E-state index is 14.1. The topological polar surface area (TPSA) is 168 Å². The maximum absolute atomic E-state index is 14.1. The van der Waals surface area contributed by atoms with Crippen molar-refractivity contribution in [3.8, 4) is 11.5 Å². The van der Waals surface area contributed by atoms with Gasteiger partial charge in [0.2, 0.25) is 0 Å². The van der Waals surface area contributed by atoms with Crippen molar-refractivity contribution < 1.29 is 46.1 Å². The highest BCUT2D eigenvalue weighted by Gasteiger charge is 2.33. The van der Waals surface area contributed by atoms with Crippen LogP contribution in [-0.4, -0.2) is 65.8 Å². The van der Waals surface area contributed by atoms with E-state index in [1.165, 1.54) is 99.9 Å². The average molecular weight is 751 g/mol. The molecule has 2 saturated carbocycles. The van der Waals surface area contributed by atoms with Gasteiger partial charge < -0.3 is 19.7 Å². The van der Waals surface area contributed by atoms with Gasteiger partial charge >= 0.3 is 11.9 Å². The molecule has 0 radical (unpaired) electrons. The Hall–Kier alpha value is -4.82. The van der Waals surface area contributed by atoms with Gasteiger partial charge in [-0.15, -0.1) is 0 Å². The number of carboxylic acids is 2. The zero-order chi connectivity index (χ0) is 37.0. The van der Waals surface area contributed by atoms with Crippen molar-refractivity contribution in [2.45, 2.75) is 54.7 Å². The minimum atomic E-state index is -4.47. The molecular weight excluding hydrogens is 709 g/mol. The Labute approximate surface area is 303 Å². The van der Waals surface area contributed by atoms with Gasteiger partial charge in [-0.25, -0.2) is 16.8 Å². The van der Waals surface area contributed by atoms with Crippen LogP contribution in [0.4, 0.5) is 11.4 Å². The molecule has 2 atom stereocenters. The fraction of sp³-hybridized carbons (Fsp3) is 0.368. The Morgan fingerprint density at radius 2 is 1.13 bits per heavy atom. The van der Waals surface area contributed by atoms with Gasteiger partial charge in [0.25, 0.3) is 20.0 Å². The van der Waals surface area contributed by atoms with Gasteiger partial charge in [0.05, 0.1) is 34.9 Å². The van der Waals surface area contributed by atoms with Crippen molar-refractivity contribution in [2.24, 2.45) is 17.8 Å². The first-order valence-electron chi connectivity index (χ1n) is 17.2. The van der Waals surface area contributed by atoms with E-state index in [9.17, 15) is 36.6 Å². The van der Waals surface area contributed by atoms with Crippen LogP contribution in [0.15, 0.2) is 94.7 Å². The molecule has 0 spiro atoms. The molecule has 0 amide bonds. The van der Waals surface area contributed by atoms with Gasteiger partial charge in [0.15, 0.2) is 0 Å². The molecule has 1 unspecified atom stereocenters. The lowest BCUT2D eigenvalue weighted by molar-refractivity contribution is -0.136. The van der Waals surface area contributed by atoms with E-state index in [0.717, 1.165) is 33.3 Å². The van der Waals surface area contributed by atoms with Crippen molar-refractivity contribution in [3.05, 3.63) is 84.9 Å². The predicted octanol–water partition coefficient (Wildman–Crippen LogP) is 6.39. The molecule has 0 aromatic heterocycles. The number of carbonyl (C=O) groups is 2. The number of aliphatic carboxylic acids is 2. The van der Waals surface area contributed by atoms with E-state index in [-0.39, 0.29) is 31.9 Å². The quantitative estimate of drug-likeness (QED) is 0.131. The lowest BCUT2D eigenvalue weighted by atomic mass is 9.78. The third kappa shape index (κ3) is 7.97. The molecule has 2 fully saturated rings. The first-order valence-corrected chi connectivity index (χ1v) is 20.1. The summed E-state index contributed by atoms with van der Waals surface area (Å²) in [4.78, 5) is 23.7. The Bertz CT molecular complexity index is 2130. The van der Waals surface area contributed by atoms with E-state index in [4.69, 9.17) is 9.47 Å². The number of sulfonamides is 2. The zero-order valence-corrected chi connectivity index (χ0v) is 30.4. The number of benzene rings is 4. The Kier molecular flexibility index (Phi) is 11.0. The molecule has 2 N–H and O–H groups in total. The average Bonchev–Trinajstić information content (AvgIpc) is 3.57. The molecule has 12 nitrogen and oxygen atoms in total. The summed E-state index contributed by atoms with van der Waals surface area (Å²) in [7, 11) is -7.50. The standard InChI is InChI=1S/C38H42N2O10S2/c1-49-29-11-15-31(16-12-29)51(45,46)39(23-37(41)42)35-19-20-36(34-8-3-2-7-33(34)35)40(24-38(43)44)52(47,48)32-17-13-30(14-18-32)50-25-28-10-9-27(22-28)21-26-5-4-6-26/h2-3,7-8,11-20,26-28H,4-6,9-10,21-25H2,1H3,(H,41,42)(H,43,44)/t27?,28-/m1/s1. The normalized spacial score (nSPS) is 17.7. The van der Waals surface area contributed by atoms with Crippen molar-refractivity contribution in [1.29, 1.82) is 0 Å². The lowest BCUT2D eigenvalue weighted by Crippen LogP contribution is -2.37. The SMILES string of the molecule is COc1ccc(S(=O)(=O)N(CC(=O)O)c2ccc(N(CC(=O)O)S(=O)(=O)c3ccc(OC[C@@H]4CCC(CC5CCC5)C4)cc3)c3ccccc23)cc1. The van der Waals surface area contributed by atoms with Crippen LogP contribution in [-0.2, 0) is 29.6 Å². The maximum Gasteiger partial charge on any atom is 0.324 e. The summed E-state index contributed by atoms with van der Waals surface area (Å²) in [5.41, 5.74) is -0.0692. The highest BCUT2D eigenvalue weighted by Crippen LogP contribution is 2.41. The molecule has 2 aliphatic rings. The molecule has 276 valence electrons. The zero-order valence-electron chi connectivity index (χ0n) is 28.8. The van der Waals surface area contributed by atoms with E-state index >= 15 is 0 Å². The highest BCUT2D eigenvalue weighted by molar-refractivity contribution is 7.93. The number of fused-ring (bicyclic) bond motifs is 1. The van der Waals surface area contributed by atoms with Crippen molar-refractivity contribution in [1.82, 2.24) is 0 Å². The molecule has 4 aromatic rings. The summed E-state index contributed by atoms with van der Waals surface area (Å²) >= 11 is 0. The number of rotatable bonds is 16. The number of hydrogen-bond donors (Lipinski definition) is 2. The number of ether oxygens (including phenoxy) is 2. The van der Waals surface area contributed by atoms with Crippen LogP contribution in [0.3, 0.4) is 0 Å². The van der Waals surface area contributed by atoms with Crippen LogP contribution in [0, 0.1) is 17.8 Å². The summed E-state index contributed by atoms with van der Waals surface area (Å²) < 4.78 is 68.6. The first-order chi connectivity index (χ1) is 24.9. The number of anilines is 2. The van der Waals surface area contributed by atoms with Crippen LogP contribution in [0.5, 0.6) is 11.5 Å². The van der Waals surface area contributed by atoms with E-state index in [1.54, 1.807) is 24.3 Å². The molecular formula is C38H42N2O10S2. The summed E-state index contributed by atoms with van der Waals surface area (Å²) in [5.74, 6) is 0.143. The van der Waals surface area contributed by atoms with E-state index in [1.807, 2.05) is 0 Å². The largest absolute Gasteiger partial charge is 0.497 e. The molecule has 2 aliphatic carbocycles. The monoisotopic (exact) mass is 750 g/mol. The summed E-state index contributed by atoms with van der Waals surface area (Å²) in [6.07, 6.45) is 8.81. The molecule has 14 heteroatoms. The minimum absolute atomic E-state index is 0.0307. The van der Waals surface area contributed by atoms with Gasteiger partial charge in [-0.05, 0) is 97.7 Å². The van der Waals surface area contributed by atoms with Gasteiger partial charge in [-0.3, -0.25) is 18.2 Å². The van der Waals surface area contributed by atoms with Crippen LogP contribution < -0.4 is 18.1 Å². The molecule has 52 heavy (non-hydrogen) atoms. The highest BCUT2D eigenvalue weighted by atomic mass is 32.2. The molecule has 0 heterocycles. The first kappa shape index (κ1) is 37.0. The smallest absolute Gasteiger partial charge is 0.324 e. The van der Waals surface area contributed by atoms with Gasteiger partial charge in [-0.2, -0.15) is 0 Å². The third-order valence-electron chi connectivity index (χ3n) is 10.1. The lowest BCUT2D eigenvalue weighted by Gasteiger charge is -2.28. The Morgan fingerprint density at radius 3 is 1.58 bits per heavy atom. The molecule has 0 bridgehead atoms. The second kappa shape index (κ2) is 15.4. The number of hydrogen-bond acceptors (Lipinski definition) is 8. The van der Waals surface area contributed by atoms with Crippen LogP contribution in [0.25, 0.3) is 10.8 Å². The summed E-state index contributed by atoms with van der Waals surface area (Å²) in [5, 5.41) is 20.0. The Balaban J connectivity index is 1.28. The predicted molar refractivity (Wildman–Crippen MR) is 196 cm³/mol. The number of nitrogens with zero attached hydrogens (tertiary/aromatic N) is 2. The van der Waals surface area contributed by atoms with E-state index in [2.05, 4.69) is 0 Å². The van der Waals surface area contributed by atoms with E-state index in [0.29, 0.717) is 24.0 Å². The fourth-order valence-electron chi connectivity index (χ4n) is 7.22. The summed E-state index contributed by atoms with van der Waals surface area (Å²) in [6.45, 7) is -1.33. The molecule has 4 aromatic carbocycles. The van der Waals surface area contributed by atoms with E-state index < -0.39 is 45.1 Å². The second-order valence-electron chi connectivity index (χ2n) is 13.5. The molecule has 0 saturated heterocycles. The van der Waals surface area contributed by atoms with Crippen molar-refractivity contribution in [2.75, 3.05) is 35.4 Å². The Morgan fingerprint density at radius 1 is 0.654 bits per heavy atom. The number of methoxy groups -OCH3 is 1. The third-order valence-corrected chi connectivity index (χ3v) is 13.6. The van der Waals surface area contributed by atoms with Gasteiger partial charge in [0.1, 0.15) is 24.6 Å². The van der Waals surface area contributed by atoms with Crippen molar-refractivity contribution in [3.63, 3.8) is 0 Å². The summed E-state index contributed by atoms with van der Waals surface area (Å²) in [6, 6.07) is 20.1. The van der Waals surface area contributed by atoms with Crippen LogP contribution >= 0.6 is 0 Å². The minimum Gasteiger partial charge on any atom is -0.497 e. The molecule has 6 rings (SSSR count).